The quantitative estimate of drug-likeness (QED) is 0.865. The van der Waals surface area contributed by atoms with Gasteiger partial charge in [0.1, 0.15) is 11.5 Å². The molecule has 5 nitrogen and oxygen atoms in total. The lowest BCUT2D eigenvalue weighted by Gasteiger charge is -2.15. The van der Waals surface area contributed by atoms with E-state index in [0.717, 1.165) is 6.42 Å². The Morgan fingerprint density at radius 1 is 1.50 bits per heavy atom. The van der Waals surface area contributed by atoms with Crippen LogP contribution in [0.2, 0.25) is 0 Å². The summed E-state index contributed by atoms with van der Waals surface area (Å²) in [4.78, 5) is 20.2. The first-order valence-electron chi connectivity index (χ1n) is 5.62. The second-order valence-electron chi connectivity index (χ2n) is 3.77. The van der Waals surface area contributed by atoms with Gasteiger partial charge in [0.05, 0.1) is 18.4 Å². The molecule has 1 atom stereocenters. The molecule has 2 rings (SSSR count). The van der Waals surface area contributed by atoms with Crippen LogP contribution in [0.3, 0.4) is 0 Å². The number of hydrogen-bond donors (Lipinski definition) is 2. The monoisotopic (exact) mass is 262 g/mol. The highest BCUT2D eigenvalue weighted by Gasteiger charge is 2.11. The van der Waals surface area contributed by atoms with E-state index in [0.29, 0.717) is 5.82 Å². The van der Waals surface area contributed by atoms with E-state index < -0.39 is 5.91 Å². The largest absolute Gasteiger partial charge is 0.364 e. The van der Waals surface area contributed by atoms with Gasteiger partial charge in [-0.3, -0.25) is 4.79 Å². The fourth-order valence-electron chi connectivity index (χ4n) is 1.57. The maximum Gasteiger partial charge on any atom is 0.268 e. The summed E-state index contributed by atoms with van der Waals surface area (Å²) < 4.78 is 0. The number of nitrogens with one attached hydrogen (secondary N) is 1. The molecule has 0 aliphatic heterocycles. The summed E-state index contributed by atoms with van der Waals surface area (Å²) in [7, 11) is 0. The van der Waals surface area contributed by atoms with Gasteiger partial charge >= 0.3 is 0 Å². The van der Waals surface area contributed by atoms with Crippen molar-refractivity contribution in [2.45, 2.75) is 19.4 Å². The third kappa shape index (κ3) is 2.84. The lowest BCUT2D eigenvalue weighted by molar-refractivity contribution is 0.0995. The Bertz CT molecular complexity index is 509. The molecule has 0 saturated heterocycles. The van der Waals surface area contributed by atoms with Crippen LogP contribution in [0.25, 0.3) is 0 Å². The molecule has 0 fully saturated rings. The first-order valence-corrected chi connectivity index (χ1v) is 6.50. The lowest BCUT2D eigenvalue weighted by Crippen LogP contribution is -2.15. The average molecular weight is 262 g/mol. The smallest absolute Gasteiger partial charge is 0.268 e. The van der Waals surface area contributed by atoms with E-state index in [1.807, 2.05) is 11.4 Å². The highest BCUT2D eigenvalue weighted by Crippen LogP contribution is 2.24. The standard InChI is InChI=1S/C12H14N4OS/c1-2-8(10-4-3-5-18-10)16-11-7-14-9(6-15-11)12(13)17/h3-8H,2H2,1H3,(H2,13,17)(H,15,16)/t8-/m1/s1. The fraction of sp³-hybridized carbons (Fsp3) is 0.250. The van der Waals surface area contributed by atoms with Gasteiger partial charge in [-0.1, -0.05) is 13.0 Å². The Kier molecular flexibility index (Phi) is 3.88. The summed E-state index contributed by atoms with van der Waals surface area (Å²) in [6, 6.07) is 4.31. The van der Waals surface area contributed by atoms with E-state index in [1.165, 1.54) is 17.3 Å². The molecule has 2 heterocycles. The third-order valence-corrected chi connectivity index (χ3v) is 3.51. The zero-order valence-corrected chi connectivity index (χ0v) is 10.8. The molecule has 0 aliphatic rings. The van der Waals surface area contributed by atoms with Gasteiger partial charge in [0.25, 0.3) is 5.91 Å². The molecule has 2 aromatic heterocycles. The molecule has 0 saturated carbocycles. The number of carbonyl (C=O) groups is 1. The minimum atomic E-state index is -0.570. The first kappa shape index (κ1) is 12.5. The van der Waals surface area contributed by atoms with Gasteiger partial charge < -0.3 is 11.1 Å². The van der Waals surface area contributed by atoms with Crippen molar-refractivity contribution >= 4 is 23.1 Å². The van der Waals surface area contributed by atoms with Crippen LogP contribution in [0.4, 0.5) is 5.82 Å². The number of rotatable bonds is 5. The fourth-order valence-corrected chi connectivity index (χ4v) is 2.43. The Balaban J connectivity index is 2.10. The Hall–Kier alpha value is -1.95. The van der Waals surface area contributed by atoms with Gasteiger partial charge in [0.2, 0.25) is 0 Å². The van der Waals surface area contributed by atoms with Crippen LogP contribution in [0, 0.1) is 0 Å². The Labute approximate surface area is 109 Å². The maximum atomic E-state index is 10.9. The highest BCUT2D eigenvalue weighted by molar-refractivity contribution is 7.10. The van der Waals surface area contributed by atoms with Crippen LogP contribution < -0.4 is 11.1 Å². The molecular weight excluding hydrogens is 248 g/mol. The molecule has 0 aromatic carbocycles. The Morgan fingerprint density at radius 2 is 2.33 bits per heavy atom. The van der Waals surface area contributed by atoms with Crippen LogP contribution in [-0.4, -0.2) is 15.9 Å². The second kappa shape index (κ2) is 5.59. The summed E-state index contributed by atoms with van der Waals surface area (Å²) in [6.07, 6.45) is 3.85. The van der Waals surface area contributed by atoms with E-state index in [2.05, 4.69) is 28.3 Å². The third-order valence-electron chi connectivity index (χ3n) is 2.52. The molecule has 0 radical (unpaired) electrons. The first-order chi connectivity index (χ1) is 8.70. The molecular formula is C12H14N4OS. The zero-order valence-electron chi connectivity index (χ0n) is 9.96. The SMILES string of the molecule is CC[C@@H](Nc1cnc(C(N)=O)cn1)c1cccs1. The van der Waals surface area contributed by atoms with Gasteiger partial charge in [-0.05, 0) is 17.9 Å². The molecule has 2 aromatic rings. The molecule has 0 unspecified atom stereocenters. The normalized spacial score (nSPS) is 12.1. The van der Waals surface area contributed by atoms with E-state index in [-0.39, 0.29) is 11.7 Å². The van der Waals surface area contributed by atoms with Gasteiger partial charge in [0, 0.05) is 4.88 Å². The number of anilines is 1. The molecule has 94 valence electrons. The van der Waals surface area contributed by atoms with Crippen molar-refractivity contribution in [3.8, 4) is 0 Å². The molecule has 0 aliphatic carbocycles. The number of aromatic nitrogens is 2. The van der Waals surface area contributed by atoms with Crippen LogP contribution in [0.5, 0.6) is 0 Å². The maximum absolute atomic E-state index is 10.9. The van der Waals surface area contributed by atoms with Crippen molar-refractivity contribution in [1.29, 1.82) is 0 Å². The summed E-state index contributed by atoms with van der Waals surface area (Å²) in [5.74, 6) is 0.0691. The van der Waals surface area contributed by atoms with Crippen molar-refractivity contribution in [2.75, 3.05) is 5.32 Å². The number of amides is 1. The number of hydrogen-bond acceptors (Lipinski definition) is 5. The molecule has 1 amide bonds. The lowest BCUT2D eigenvalue weighted by atomic mass is 10.2. The van der Waals surface area contributed by atoms with Gasteiger partial charge in [0.15, 0.2) is 0 Å². The molecule has 6 heteroatoms. The van der Waals surface area contributed by atoms with Crippen LogP contribution in [0.15, 0.2) is 29.9 Å². The topological polar surface area (TPSA) is 80.9 Å². The number of nitrogens with zero attached hydrogens (tertiary/aromatic N) is 2. The molecule has 0 spiro atoms. The van der Waals surface area contributed by atoms with E-state index in [9.17, 15) is 4.79 Å². The number of primary amides is 1. The van der Waals surface area contributed by atoms with Gasteiger partial charge in [-0.2, -0.15) is 0 Å². The second-order valence-corrected chi connectivity index (χ2v) is 4.75. The van der Waals surface area contributed by atoms with E-state index in [4.69, 9.17) is 5.73 Å². The predicted octanol–water partition coefficient (Wildman–Crippen LogP) is 2.20. The molecule has 0 bridgehead atoms. The van der Waals surface area contributed by atoms with Gasteiger partial charge in [-0.25, -0.2) is 9.97 Å². The summed E-state index contributed by atoms with van der Waals surface area (Å²) >= 11 is 1.70. The van der Waals surface area contributed by atoms with Crippen LogP contribution in [-0.2, 0) is 0 Å². The zero-order chi connectivity index (χ0) is 13.0. The summed E-state index contributed by atoms with van der Waals surface area (Å²) in [5, 5.41) is 5.33. The highest BCUT2D eigenvalue weighted by atomic mass is 32.1. The number of carbonyl (C=O) groups excluding carboxylic acids is 1. The van der Waals surface area contributed by atoms with Gasteiger partial charge in [-0.15, -0.1) is 11.3 Å². The number of thiophene rings is 1. The summed E-state index contributed by atoms with van der Waals surface area (Å²) in [6.45, 7) is 2.10. The minimum absolute atomic E-state index is 0.171. The van der Waals surface area contributed by atoms with Crippen molar-refractivity contribution in [3.63, 3.8) is 0 Å². The Morgan fingerprint density at radius 3 is 2.83 bits per heavy atom. The predicted molar refractivity (Wildman–Crippen MR) is 71.5 cm³/mol. The molecule has 3 N–H and O–H groups in total. The minimum Gasteiger partial charge on any atom is -0.364 e. The average Bonchev–Trinajstić information content (AvgIpc) is 2.90. The summed E-state index contributed by atoms with van der Waals surface area (Å²) in [5.41, 5.74) is 5.28. The van der Waals surface area contributed by atoms with Crippen LogP contribution >= 0.6 is 11.3 Å². The van der Waals surface area contributed by atoms with Crippen molar-refractivity contribution in [3.05, 3.63) is 40.5 Å². The van der Waals surface area contributed by atoms with Crippen LogP contribution in [0.1, 0.15) is 34.8 Å². The van der Waals surface area contributed by atoms with E-state index in [1.54, 1.807) is 11.3 Å². The van der Waals surface area contributed by atoms with Crippen molar-refractivity contribution in [1.82, 2.24) is 9.97 Å². The van der Waals surface area contributed by atoms with Crippen molar-refractivity contribution < 1.29 is 4.79 Å². The van der Waals surface area contributed by atoms with Crippen molar-refractivity contribution in [2.24, 2.45) is 5.73 Å². The molecule has 18 heavy (non-hydrogen) atoms. The number of nitrogens with two attached hydrogens (primary N) is 1. The van der Waals surface area contributed by atoms with E-state index >= 15 is 0 Å².